The molecule has 2 nitrogen and oxygen atoms in total. The van der Waals surface area contributed by atoms with Crippen LogP contribution >= 0.6 is 0 Å². The van der Waals surface area contributed by atoms with Crippen molar-refractivity contribution in [2.75, 3.05) is 0 Å². The van der Waals surface area contributed by atoms with Crippen LogP contribution in [-0.2, 0) is 0 Å². The van der Waals surface area contributed by atoms with Crippen molar-refractivity contribution in [3.63, 3.8) is 0 Å². The average Bonchev–Trinajstić information content (AvgIpc) is 2.16. The Morgan fingerprint density at radius 1 is 1.25 bits per heavy atom. The van der Waals surface area contributed by atoms with Crippen LogP contribution < -0.4 is 0 Å². The van der Waals surface area contributed by atoms with Crippen LogP contribution in [0.5, 0.6) is 5.75 Å². The van der Waals surface area contributed by atoms with Gasteiger partial charge in [0.1, 0.15) is 5.75 Å². The zero-order valence-corrected chi connectivity index (χ0v) is 9.40. The molecule has 1 aromatic carbocycles. The Kier molecular flexibility index (Phi) is 2.10. The van der Waals surface area contributed by atoms with Crippen molar-refractivity contribution in [1.29, 1.82) is 0 Å². The fraction of sp³-hybridized carbons (Fsp3) is 0.357. The van der Waals surface area contributed by atoms with Crippen LogP contribution in [-0.4, -0.2) is 10.1 Å². The third kappa shape index (κ3) is 1.45. The summed E-state index contributed by atoms with van der Waals surface area (Å²) in [6, 6.07) is 8.01. The van der Waals surface area contributed by atoms with E-state index in [1.165, 1.54) is 12.0 Å². The molecule has 2 heteroatoms. The summed E-state index contributed by atoms with van der Waals surface area (Å²) in [5.74, 6) is 0.841. The van der Waals surface area contributed by atoms with E-state index in [2.05, 4.69) is 24.0 Å². The number of hydrogen-bond acceptors (Lipinski definition) is 2. The maximum atomic E-state index is 9.97. The summed E-state index contributed by atoms with van der Waals surface area (Å²) < 4.78 is 0. The van der Waals surface area contributed by atoms with Gasteiger partial charge in [-0.1, -0.05) is 18.1 Å². The minimum Gasteiger partial charge on any atom is -0.506 e. The molecule has 2 aromatic rings. The topological polar surface area (TPSA) is 33.1 Å². The fourth-order valence-electron chi connectivity index (χ4n) is 2.28. The number of hydrogen-bond donors (Lipinski definition) is 1. The molecule has 1 aromatic heterocycles. The van der Waals surface area contributed by atoms with Crippen LogP contribution in [0.25, 0.3) is 10.9 Å². The molecule has 0 radical (unpaired) electrons. The van der Waals surface area contributed by atoms with Crippen molar-refractivity contribution < 1.29 is 5.11 Å². The van der Waals surface area contributed by atoms with Gasteiger partial charge in [0.05, 0.1) is 11.2 Å². The number of aromatic nitrogens is 1. The third-order valence-corrected chi connectivity index (χ3v) is 3.47. The van der Waals surface area contributed by atoms with E-state index in [0.717, 1.165) is 29.4 Å². The van der Waals surface area contributed by atoms with E-state index in [1.54, 1.807) is 0 Å². The maximum Gasteiger partial charge on any atom is 0.138 e. The summed E-state index contributed by atoms with van der Waals surface area (Å²) in [5.41, 5.74) is 3.08. The lowest BCUT2D eigenvalue weighted by Gasteiger charge is -2.25. The molecule has 0 saturated heterocycles. The van der Waals surface area contributed by atoms with Crippen LogP contribution in [0.4, 0.5) is 0 Å². The molecule has 0 spiro atoms. The van der Waals surface area contributed by atoms with Gasteiger partial charge in [0.2, 0.25) is 0 Å². The highest BCUT2D eigenvalue weighted by Crippen LogP contribution is 2.40. The van der Waals surface area contributed by atoms with Crippen molar-refractivity contribution in [2.45, 2.75) is 32.1 Å². The number of pyridine rings is 1. The molecule has 1 N–H and O–H groups in total. The molecular weight excluding hydrogens is 198 g/mol. The molecule has 82 valence electrons. The van der Waals surface area contributed by atoms with Crippen LogP contribution in [0, 0.1) is 6.92 Å². The molecule has 1 heterocycles. The predicted molar refractivity (Wildman–Crippen MR) is 64.7 cm³/mol. The summed E-state index contributed by atoms with van der Waals surface area (Å²) in [6.07, 6.45) is 3.59. The van der Waals surface area contributed by atoms with Gasteiger partial charge in [-0.05, 0) is 38.0 Å². The number of fused-ring (bicyclic) bond motifs is 1. The van der Waals surface area contributed by atoms with Gasteiger partial charge in [0.25, 0.3) is 0 Å². The lowest BCUT2D eigenvalue weighted by Crippen LogP contribution is -2.10. The Morgan fingerprint density at radius 2 is 2.06 bits per heavy atom. The first-order valence-corrected chi connectivity index (χ1v) is 5.84. The van der Waals surface area contributed by atoms with Crippen molar-refractivity contribution in [3.05, 3.63) is 35.5 Å². The second-order valence-corrected chi connectivity index (χ2v) is 4.72. The molecule has 16 heavy (non-hydrogen) atoms. The first kappa shape index (κ1) is 9.64. The van der Waals surface area contributed by atoms with Gasteiger partial charge < -0.3 is 5.11 Å². The average molecular weight is 213 g/mol. The van der Waals surface area contributed by atoms with Gasteiger partial charge in [-0.15, -0.1) is 0 Å². The molecule has 1 saturated carbocycles. The summed E-state index contributed by atoms with van der Waals surface area (Å²) in [6.45, 7) is 2.05. The van der Waals surface area contributed by atoms with Gasteiger partial charge >= 0.3 is 0 Å². The number of rotatable bonds is 1. The smallest absolute Gasteiger partial charge is 0.138 e. The van der Waals surface area contributed by atoms with Crippen molar-refractivity contribution in [3.8, 4) is 5.75 Å². The Morgan fingerprint density at radius 3 is 2.75 bits per heavy atom. The molecule has 3 rings (SSSR count). The predicted octanol–water partition coefficient (Wildman–Crippen LogP) is 3.52. The van der Waals surface area contributed by atoms with E-state index in [1.807, 2.05) is 12.1 Å². The molecule has 1 aliphatic carbocycles. The highest BCUT2D eigenvalue weighted by Gasteiger charge is 2.24. The Balaban J connectivity index is 2.17. The van der Waals surface area contributed by atoms with Crippen molar-refractivity contribution >= 4 is 10.9 Å². The molecule has 1 fully saturated rings. The van der Waals surface area contributed by atoms with Crippen LogP contribution in [0.2, 0.25) is 0 Å². The SMILES string of the molecule is Cc1ccc2nc(C3CCC3)c(O)cc2c1. The van der Waals surface area contributed by atoms with E-state index >= 15 is 0 Å². The summed E-state index contributed by atoms with van der Waals surface area (Å²) in [5, 5.41) is 11.0. The van der Waals surface area contributed by atoms with Gasteiger partial charge in [-0.2, -0.15) is 0 Å². The second kappa shape index (κ2) is 3.48. The largest absolute Gasteiger partial charge is 0.506 e. The summed E-state index contributed by atoms with van der Waals surface area (Å²) in [7, 11) is 0. The van der Waals surface area contributed by atoms with E-state index in [-0.39, 0.29) is 0 Å². The lowest BCUT2D eigenvalue weighted by atomic mass is 9.82. The van der Waals surface area contributed by atoms with Gasteiger partial charge in [0.15, 0.2) is 0 Å². The Hall–Kier alpha value is -1.57. The highest BCUT2D eigenvalue weighted by atomic mass is 16.3. The molecule has 0 aliphatic heterocycles. The molecule has 0 bridgehead atoms. The Labute approximate surface area is 94.9 Å². The number of nitrogens with zero attached hydrogens (tertiary/aromatic N) is 1. The first-order valence-electron chi connectivity index (χ1n) is 5.84. The maximum absolute atomic E-state index is 9.97. The lowest BCUT2D eigenvalue weighted by molar-refractivity contribution is 0.385. The van der Waals surface area contributed by atoms with E-state index in [9.17, 15) is 5.11 Å². The molecule has 0 atom stereocenters. The van der Waals surface area contributed by atoms with Crippen molar-refractivity contribution in [1.82, 2.24) is 4.98 Å². The zero-order valence-electron chi connectivity index (χ0n) is 9.40. The van der Waals surface area contributed by atoms with Crippen molar-refractivity contribution in [2.24, 2.45) is 0 Å². The third-order valence-electron chi connectivity index (χ3n) is 3.47. The summed E-state index contributed by atoms with van der Waals surface area (Å²) >= 11 is 0. The minimum absolute atomic E-state index is 0.364. The quantitative estimate of drug-likeness (QED) is 0.786. The van der Waals surface area contributed by atoms with Crippen LogP contribution in [0.3, 0.4) is 0 Å². The number of aryl methyl sites for hydroxylation is 1. The monoisotopic (exact) mass is 213 g/mol. The number of benzene rings is 1. The molecule has 0 amide bonds. The first-order chi connectivity index (χ1) is 7.74. The van der Waals surface area contributed by atoms with E-state index < -0.39 is 0 Å². The second-order valence-electron chi connectivity index (χ2n) is 4.72. The normalized spacial score (nSPS) is 16.3. The van der Waals surface area contributed by atoms with E-state index in [4.69, 9.17) is 0 Å². The molecule has 0 unspecified atom stereocenters. The standard InChI is InChI=1S/C14H15NO/c1-9-5-6-12-11(7-9)8-13(16)14(15-12)10-3-2-4-10/h5-8,10,16H,2-4H2,1H3. The van der Waals surface area contributed by atoms with Crippen LogP contribution in [0.1, 0.15) is 36.4 Å². The van der Waals surface area contributed by atoms with Gasteiger partial charge in [0, 0.05) is 11.3 Å². The fourth-order valence-corrected chi connectivity index (χ4v) is 2.28. The van der Waals surface area contributed by atoms with Crippen LogP contribution in [0.15, 0.2) is 24.3 Å². The highest BCUT2D eigenvalue weighted by molar-refractivity contribution is 5.81. The molecular formula is C14H15NO. The molecule has 1 aliphatic rings. The van der Waals surface area contributed by atoms with Gasteiger partial charge in [-0.25, -0.2) is 4.98 Å². The Bertz CT molecular complexity index is 544. The van der Waals surface area contributed by atoms with E-state index in [0.29, 0.717) is 11.7 Å². The zero-order chi connectivity index (χ0) is 11.1. The minimum atomic E-state index is 0.364. The summed E-state index contributed by atoms with van der Waals surface area (Å²) in [4.78, 5) is 4.59. The van der Waals surface area contributed by atoms with Gasteiger partial charge in [-0.3, -0.25) is 0 Å². The number of aromatic hydroxyl groups is 1.